The average molecular weight is 257 g/mol. The van der Waals surface area contributed by atoms with Gasteiger partial charge in [-0.15, -0.1) is 0 Å². The first kappa shape index (κ1) is 8.58. The Hall–Kier alpha value is 0.490. The van der Waals surface area contributed by atoms with Crippen LogP contribution in [0.4, 0.5) is 0 Å². The van der Waals surface area contributed by atoms with Crippen molar-refractivity contribution >= 4 is 20.9 Å². The van der Waals surface area contributed by atoms with E-state index in [0.29, 0.717) is 6.61 Å². The summed E-state index contributed by atoms with van der Waals surface area (Å²) >= 11 is -0.174. The fourth-order valence-electron chi connectivity index (χ4n) is 0.452. The first-order chi connectivity index (χ1) is 5.31. The van der Waals surface area contributed by atoms with E-state index < -0.39 is 0 Å². The van der Waals surface area contributed by atoms with Gasteiger partial charge in [0.05, 0.1) is 0 Å². The van der Waals surface area contributed by atoms with Gasteiger partial charge in [0.25, 0.3) is 0 Å². The average Bonchev–Trinajstić information content (AvgIpc) is 2.01. The van der Waals surface area contributed by atoms with Gasteiger partial charge in [-0.3, -0.25) is 0 Å². The van der Waals surface area contributed by atoms with Crippen LogP contribution in [0.5, 0.6) is 0 Å². The van der Waals surface area contributed by atoms with Crippen LogP contribution in [0.25, 0.3) is 0 Å². The molecule has 0 amide bonds. The van der Waals surface area contributed by atoms with Gasteiger partial charge in [-0.2, -0.15) is 0 Å². The molecule has 0 N–H and O–H groups in total. The summed E-state index contributed by atoms with van der Waals surface area (Å²) in [7, 11) is 1.66. The summed E-state index contributed by atoms with van der Waals surface area (Å²) in [6.45, 7) is 2.80. The minimum atomic E-state index is -0.174. The fourth-order valence-corrected chi connectivity index (χ4v) is 2.55. The molecule has 0 rings (SSSR count). The molecule has 0 fully saturated rings. The Balaban J connectivity index is 3.27. The zero-order valence-corrected chi connectivity index (χ0v) is 9.05. The van der Waals surface area contributed by atoms with E-state index in [-0.39, 0.29) is 20.9 Å². The topological polar surface area (TPSA) is 9.23 Å². The van der Waals surface area contributed by atoms with E-state index in [0.717, 1.165) is 4.10 Å². The van der Waals surface area contributed by atoms with E-state index in [1.165, 1.54) is 17.3 Å². The SMILES string of the molecule is [2H]/C(=C\COC)[Te]CCCC. The van der Waals surface area contributed by atoms with Crippen LogP contribution in [0.2, 0.25) is 4.47 Å². The summed E-state index contributed by atoms with van der Waals surface area (Å²) < 4.78 is 14.4. The van der Waals surface area contributed by atoms with Gasteiger partial charge in [-0.05, 0) is 0 Å². The molecule has 0 aromatic heterocycles. The molecule has 1 nitrogen and oxygen atoms in total. The van der Waals surface area contributed by atoms with Crippen molar-refractivity contribution in [2.75, 3.05) is 13.7 Å². The van der Waals surface area contributed by atoms with Gasteiger partial charge in [0.2, 0.25) is 0 Å². The van der Waals surface area contributed by atoms with Crippen LogP contribution in [-0.2, 0) is 4.74 Å². The molecule has 0 aliphatic heterocycles. The van der Waals surface area contributed by atoms with Crippen molar-refractivity contribution < 1.29 is 6.11 Å². The Kier molecular flexibility index (Phi) is 8.15. The summed E-state index contributed by atoms with van der Waals surface area (Å²) in [6.07, 6.45) is 4.42. The Morgan fingerprint density at radius 1 is 1.70 bits per heavy atom. The zero-order chi connectivity index (χ0) is 8.53. The van der Waals surface area contributed by atoms with Gasteiger partial charge < -0.3 is 0 Å². The Morgan fingerprint density at radius 2 is 2.50 bits per heavy atom. The molecule has 0 radical (unpaired) electrons. The second-order valence-corrected chi connectivity index (χ2v) is 4.64. The van der Waals surface area contributed by atoms with Crippen molar-refractivity contribution in [1.82, 2.24) is 0 Å². The normalized spacial score (nSPS) is 13.4. The van der Waals surface area contributed by atoms with E-state index in [1.54, 1.807) is 7.11 Å². The molecule has 2 heteroatoms. The third-order valence-corrected chi connectivity index (χ3v) is 3.37. The van der Waals surface area contributed by atoms with Gasteiger partial charge >= 0.3 is 75.2 Å². The van der Waals surface area contributed by atoms with Crippen LogP contribution in [0.15, 0.2) is 10.2 Å². The van der Waals surface area contributed by atoms with Gasteiger partial charge in [0.1, 0.15) is 0 Å². The molecule has 0 aliphatic carbocycles. The van der Waals surface area contributed by atoms with E-state index >= 15 is 0 Å². The monoisotopic (exact) mass is 259 g/mol. The summed E-state index contributed by atoms with van der Waals surface area (Å²) in [6, 6.07) is 0. The minimum absolute atomic E-state index is 0.174. The van der Waals surface area contributed by atoms with Crippen molar-refractivity contribution in [3.05, 3.63) is 10.2 Å². The molecule has 0 unspecified atom stereocenters. The quantitative estimate of drug-likeness (QED) is 0.522. The number of ether oxygens (including phenoxy) is 1. The number of rotatable bonds is 6. The second kappa shape index (κ2) is 9.49. The van der Waals surface area contributed by atoms with Gasteiger partial charge in [-0.25, -0.2) is 0 Å². The molecular formula is C8H16OTe. The summed E-state index contributed by atoms with van der Waals surface area (Å²) in [5.74, 6) is 0. The van der Waals surface area contributed by atoms with Crippen LogP contribution in [0.3, 0.4) is 0 Å². The molecular weight excluding hydrogens is 240 g/mol. The number of hydrogen-bond donors (Lipinski definition) is 0. The molecule has 10 heavy (non-hydrogen) atoms. The summed E-state index contributed by atoms with van der Waals surface area (Å²) in [5, 5.41) is 0. The Bertz CT molecular complexity index is 115. The van der Waals surface area contributed by atoms with E-state index in [2.05, 4.69) is 6.92 Å². The number of methoxy groups -OCH3 is 1. The first-order valence-corrected chi connectivity index (χ1v) is 6.41. The molecule has 0 aromatic rings. The molecule has 60 valence electrons. The van der Waals surface area contributed by atoms with Crippen molar-refractivity contribution in [1.29, 1.82) is 0 Å². The van der Waals surface area contributed by atoms with Crippen molar-refractivity contribution in [3.63, 3.8) is 0 Å². The van der Waals surface area contributed by atoms with Crippen molar-refractivity contribution in [2.45, 2.75) is 24.2 Å². The zero-order valence-electron chi connectivity index (χ0n) is 7.72. The van der Waals surface area contributed by atoms with E-state index in [1.807, 2.05) is 6.08 Å². The van der Waals surface area contributed by atoms with E-state index in [9.17, 15) is 0 Å². The predicted octanol–water partition coefficient (Wildman–Crippen LogP) is 2.07. The molecule has 0 heterocycles. The van der Waals surface area contributed by atoms with Crippen molar-refractivity contribution in [2.24, 2.45) is 0 Å². The maximum absolute atomic E-state index is 7.49. The Labute approximate surface area is 75.3 Å². The van der Waals surface area contributed by atoms with Crippen LogP contribution in [0, 0.1) is 0 Å². The molecule has 0 atom stereocenters. The van der Waals surface area contributed by atoms with Gasteiger partial charge in [0, 0.05) is 0 Å². The third kappa shape index (κ3) is 8.49. The molecule has 0 aliphatic rings. The van der Waals surface area contributed by atoms with Crippen LogP contribution < -0.4 is 0 Å². The number of unbranched alkanes of at least 4 members (excludes halogenated alkanes) is 1. The standard InChI is InChI=1S/C8H16OTe/c1-3-4-7-10-8-5-6-9-2/h5,8H,3-4,6-7H2,1-2H3/b8-5+/i8D. The van der Waals surface area contributed by atoms with Gasteiger partial charge in [-0.1, -0.05) is 0 Å². The summed E-state index contributed by atoms with van der Waals surface area (Å²) in [4.78, 5) is 0. The molecule has 0 bridgehead atoms. The van der Waals surface area contributed by atoms with E-state index in [4.69, 9.17) is 6.11 Å². The number of hydrogen-bond acceptors (Lipinski definition) is 1. The predicted molar refractivity (Wildman–Crippen MR) is 46.5 cm³/mol. The van der Waals surface area contributed by atoms with Crippen molar-refractivity contribution in [3.8, 4) is 0 Å². The fraction of sp³-hybridized carbons (Fsp3) is 0.750. The first-order valence-electron chi connectivity index (χ1n) is 4.09. The van der Waals surface area contributed by atoms with Gasteiger partial charge in [0.15, 0.2) is 0 Å². The second-order valence-electron chi connectivity index (χ2n) is 1.98. The molecule has 0 aromatic carbocycles. The van der Waals surface area contributed by atoms with Crippen LogP contribution in [-0.4, -0.2) is 34.6 Å². The van der Waals surface area contributed by atoms with Crippen LogP contribution >= 0.6 is 0 Å². The van der Waals surface area contributed by atoms with Crippen LogP contribution in [0.1, 0.15) is 21.1 Å². The molecule has 0 saturated heterocycles. The molecule has 0 saturated carbocycles. The maximum atomic E-state index is 7.49. The Morgan fingerprint density at radius 3 is 3.10 bits per heavy atom. The summed E-state index contributed by atoms with van der Waals surface area (Å²) in [5.41, 5.74) is 0. The third-order valence-electron chi connectivity index (χ3n) is 1.02. The molecule has 0 spiro atoms.